The van der Waals surface area contributed by atoms with Crippen LogP contribution in [-0.4, -0.2) is 87.0 Å². The monoisotopic (exact) mass is 325 g/mol. The summed E-state index contributed by atoms with van der Waals surface area (Å²) in [4.78, 5) is 29.2. The van der Waals surface area contributed by atoms with Crippen molar-refractivity contribution < 1.29 is 14.3 Å². The summed E-state index contributed by atoms with van der Waals surface area (Å²) in [6.07, 6.45) is 4.99. The maximum Gasteiger partial charge on any atom is 0.320 e. The molecule has 2 aliphatic heterocycles. The molecule has 0 N–H and O–H groups in total. The van der Waals surface area contributed by atoms with Gasteiger partial charge in [0.15, 0.2) is 6.61 Å². The van der Waals surface area contributed by atoms with Crippen LogP contribution in [0, 0.1) is 11.8 Å². The second-order valence-electron chi connectivity index (χ2n) is 7.20. The van der Waals surface area contributed by atoms with Gasteiger partial charge in [-0.3, -0.25) is 14.5 Å². The van der Waals surface area contributed by atoms with Gasteiger partial charge < -0.3 is 14.5 Å². The molecule has 2 aliphatic rings. The van der Waals surface area contributed by atoms with Crippen LogP contribution in [0.5, 0.6) is 0 Å². The molecule has 23 heavy (non-hydrogen) atoms. The highest BCUT2D eigenvalue weighted by atomic mass is 16.5. The minimum Gasteiger partial charge on any atom is -0.455 e. The van der Waals surface area contributed by atoms with Crippen molar-refractivity contribution in [2.75, 3.05) is 60.5 Å². The van der Waals surface area contributed by atoms with Crippen LogP contribution in [0.25, 0.3) is 0 Å². The number of ether oxygens (including phenoxy) is 1. The number of rotatable bonds is 5. The summed E-state index contributed by atoms with van der Waals surface area (Å²) < 4.78 is 5.05. The van der Waals surface area contributed by atoms with Crippen molar-refractivity contribution in [3.63, 3.8) is 0 Å². The molecule has 0 spiro atoms. The number of amides is 1. The van der Waals surface area contributed by atoms with E-state index in [4.69, 9.17) is 4.74 Å². The summed E-state index contributed by atoms with van der Waals surface area (Å²) in [7, 11) is 5.51. The highest BCUT2D eigenvalue weighted by Gasteiger charge is 2.29. The van der Waals surface area contributed by atoms with E-state index in [1.165, 1.54) is 43.7 Å². The smallest absolute Gasteiger partial charge is 0.320 e. The summed E-state index contributed by atoms with van der Waals surface area (Å²) in [6.45, 7) is 4.52. The number of esters is 1. The normalized spacial score (nSPS) is 22.0. The molecular formula is C17H31N3O3. The van der Waals surface area contributed by atoms with Gasteiger partial charge in [0, 0.05) is 14.1 Å². The molecule has 0 bridgehead atoms. The number of carbonyl (C=O) groups excluding carboxylic acids is 2. The third-order valence-corrected chi connectivity index (χ3v) is 5.27. The first-order valence-electron chi connectivity index (χ1n) is 8.72. The van der Waals surface area contributed by atoms with E-state index in [9.17, 15) is 9.59 Å². The fraction of sp³-hybridized carbons (Fsp3) is 0.882. The van der Waals surface area contributed by atoms with Gasteiger partial charge in [-0.1, -0.05) is 0 Å². The fourth-order valence-electron chi connectivity index (χ4n) is 3.58. The lowest BCUT2D eigenvalue weighted by molar-refractivity contribution is -0.152. The summed E-state index contributed by atoms with van der Waals surface area (Å²) in [5.74, 6) is 1.20. The summed E-state index contributed by atoms with van der Waals surface area (Å²) in [6, 6.07) is 0. The summed E-state index contributed by atoms with van der Waals surface area (Å²) >= 11 is 0. The molecule has 2 fully saturated rings. The lowest BCUT2D eigenvalue weighted by Gasteiger charge is -2.39. The number of piperidine rings is 2. The van der Waals surface area contributed by atoms with E-state index < -0.39 is 0 Å². The zero-order valence-electron chi connectivity index (χ0n) is 14.8. The number of hydrogen-bond acceptors (Lipinski definition) is 5. The highest BCUT2D eigenvalue weighted by Crippen LogP contribution is 2.31. The first kappa shape index (κ1) is 18.2. The van der Waals surface area contributed by atoms with E-state index in [1.807, 2.05) is 0 Å². The van der Waals surface area contributed by atoms with Crippen LogP contribution in [0.3, 0.4) is 0 Å². The van der Waals surface area contributed by atoms with Gasteiger partial charge in [0.25, 0.3) is 5.91 Å². The van der Waals surface area contributed by atoms with Crippen LogP contribution in [-0.2, 0) is 14.3 Å². The molecule has 2 saturated heterocycles. The molecule has 6 heteroatoms. The molecule has 0 unspecified atom stereocenters. The Hall–Kier alpha value is -1.14. The van der Waals surface area contributed by atoms with Crippen LogP contribution >= 0.6 is 0 Å². The molecule has 2 heterocycles. The minimum atomic E-state index is -0.294. The van der Waals surface area contributed by atoms with Gasteiger partial charge in [0.2, 0.25) is 0 Å². The summed E-state index contributed by atoms with van der Waals surface area (Å²) in [5, 5.41) is 0. The Bertz CT molecular complexity index is 398. The maximum absolute atomic E-state index is 11.8. The summed E-state index contributed by atoms with van der Waals surface area (Å²) in [5.41, 5.74) is 0. The first-order valence-corrected chi connectivity index (χ1v) is 8.72. The van der Waals surface area contributed by atoms with Crippen molar-refractivity contribution in [3.05, 3.63) is 0 Å². The van der Waals surface area contributed by atoms with E-state index in [0.29, 0.717) is 6.54 Å². The molecule has 0 atom stereocenters. The molecule has 0 aliphatic carbocycles. The van der Waals surface area contributed by atoms with Gasteiger partial charge in [-0.15, -0.1) is 0 Å². The third kappa shape index (κ3) is 5.77. The molecule has 1 amide bonds. The van der Waals surface area contributed by atoms with Crippen molar-refractivity contribution in [2.45, 2.75) is 25.7 Å². The van der Waals surface area contributed by atoms with E-state index in [0.717, 1.165) is 24.9 Å². The average Bonchev–Trinajstić information content (AvgIpc) is 2.54. The van der Waals surface area contributed by atoms with Gasteiger partial charge in [-0.2, -0.15) is 0 Å². The lowest BCUT2D eigenvalue weighted by Crippen LogP contribution is -2.42. The molecule has 0 saturated carbocycles. The van der Waals surface area contributed by atoms with Gasteiger partial charge >= 0.3 is 5.97 Å². The van der Waals surface area contributed by atoms with Crippen molar-refractivity contribution in [3.8, 4) is 0 Å². The molecule has 6 nitrogen and oxygen atoms in total. The maximum atomic E-state index is 11.8. The zero-order chi connectivity index (χ0) is 16.8. The standard InChI is InChI=1S/C17H31N3O3/c1-18(2)16(21)13-23-17(22)12-20-10-6-15(7-11-20)14-4-8-19(3)9-5-14/h14-15H,4-13H2,1-3H3. The Kier molecular flexibility index (Phi) is 6.84. The second-order valence-corrected chi connectivity index (χ2v) is 7.20. The molecule has 0 aromatic rings. The molecule has 132 valence electrons. The van der Waals surface area contributed by atoms with Gasteiger partial charge in [0.05, 0.1) is 6.54 Å². The highest BCUT2D eigenvalue weighted by molar-refractivity contribution is 5.80. The number of carbonyl (C=O) groups is 2. The van der Waals surface area contributed by atoms with E-state index in [2.05, 4.69) is 16.8 Å². The van der Waals surface area contributed by atoms with Crippen molar-refractivity contribution in [1.82, 2.24) is 14.7 Å². The van der Waals surface area contributed by atoms with E-state index >= 15 is 0 Å². The predicted octanol–water partition coefficient (Wildman–Crippen LogP) is 0.672. The zero-order valence-corrected chi connectivity index (χ0v) is 14.8. The number of likely N-dealkylation sites (tertiary alicyclic amines) is 2. The van der Waals surface area contributed by atoms with Gasteiger partial charge in [0.1, 0.15) is 0 Å². The average molecular weight is 325 g/mol. The predicted molar refractivity (Wildman–Crippen MR) is 89.0 cm³/mol. The molecule has 0 aromatic heterocycles. The largest absolute Gasteiger partial charge is 0.455 e. The fourth-order valence-corrected chi connectivity index (χ4v) is 3.58. The minimum absolute atomic E-state index is 0.155. The SMILES string of the molecule is CN1CCC(C2CCN(CC(=O)OCC(=O)N(C)C)CC2)CC1. The van der Waals surface area contributed by atoms with Crippen LogP contribution in [0.4, 0.5) is 0 Å². The van der Waals surface area contributed by atoms with Crippen LogP contribution < -0.4 is 0 Å². The number of hydrogen-bond donors (Lipinski definition) is 0. The van der Waals surface area contributed by atoms with Crippen LogP contribution in [0.1, 0.15) is 25.7 Å². The Labute approximate surface area is 139 Å². The van der Waals surface area contributed by atoms with Gasteiger partial charge in [-0.05, 0) is 70.7 Å². The Balaban J connectivity index is 1.64. The van der Waals surface area contributed by atoms with E-state index in [-0.39, 0.29) is 18.5 Å². The topological polar surface area (TPSA) is 53.1 Å². The molecule has 0 aromatic carbocycles. The number of nitrogens with zero attached hydrogens (tertiary/aromatic N) is 3. The lowest BCUT2D eigenvalue weighted by atomic mass is 9.79. The Morgan fingerprint density at radius 2 is 1.52 bits per heavy atom. The van der Waals surface area contributed by atoms with Crippen molar-refractivity contribution in [1.29, 1.82) is 0 Å². The van der Waals surface area contributed by atoms with Crippen LogP contribution in [0.2, 0.25) is 0 Å². The molecule has 2 rings (SSSR count). The van der Waals surface area contributed by atoms with Gasteiger partial charge in [-0.25, -0.2) is 0 Å². The van der Waals surface area contributed by atoms with E-state index in [1.54, 1.807) is 14.1 Å². The Morgan fingerprint density at radius 1 is 1.00 bits per heavy atom. The van der Waals surface area contributed by atoms with Crippen LogP contribution in [0.15, 0.2) is 0 Å². The van der Waals surface area contributed by atoms with Crippen molar-refractivity contribution >= 4 is 11.9 Å². The number of likely N-dealkylation sites (N-methyl/N-ethyl adjacent to an activating group) is 1. The first-order chi connectivity index (χ1) is 11.0. The molecule has 0 radical (unpaired) electrons. The molecular weight excluding hydrogens is 294 g/mol. The quantitative estimate of drug-likeness (QED) is 0.696. The second kappa shape index (κ2) is 8.64. The third-order valence-electron chi connectivity index (χ3n) is 5.27. The van der Waals surface area contributed by atoms with Crippen molar-refractivity contribution in [2.24, 2.45) is 11.8 Å². The Morgan fingerprint density at radius 3 is 2.04 bits per heavy atom.